The van der Waals surface area contributed by atoms with E-state index < -0.39 is 12.1 Å². The average molecular weight is 208 g/mol. The van der Waals surface area contributed by atoms with Crippen LogP contribution in [0.4, 0.5) is 4.39 Å². The summed E-state index contributed by atoms with van der Waals surface area (Å²) in [6.07, 6.45) is 0.237. The minimum absolute atomic E-state index is 0.364. The number of benzene rings is 1. The molecule has 1 aliphatic carbocycles. The fourth-order valence-electron chi connectivity index (χ4n) is 2.18. The molecule has 2 atom stereocenters. The van der Waals surface area contributed by atoms with Gasteiger partial charge in [0.2, 0.25) is 0 Å². The van der Waals surface area contributed by atoms with Crippen molar-refractivity contribution in [3.63, 3.8) is 0 Å². The van der Waals surface area contributed by atoms with Crippen LogP contribution >= 0.6 is 0 Å². The lowest BCUT2D eigenvalue weighted by Gasteiger charge is -2.25. The lowest BCUT2D eigenvalue weighted by molar-refractivity contribution is -0.145. The predicted octanol–water partition coefficient (Wildman–Crippen LogP) is 2.21. The first kappa shape index (κ1) is 10.1. The average Bonchev–Trinajstić information content (AvgIpc) is 2.27. The van der Waals surface area contributed by atoms with Crippen molar-refractivity contribution in [3.8, 4) is 0 Å². The molecule has 0 saturated carbocycles. The molecular weight excluding hydrogens is 195 g/mol. The standard InChI is InChI=1S/C12H13FO2/c13-11(12(14)15)10-6-5-8-3-1-2-4-9(8)7-10/h1-4,10-11H,5-7H2,(H,14,15). The van der Waals surface area contributed by atoms with Crippen molar-refractivity contribution in [1.82, 2.24) is 0 Å². The Bertz CT molecular complexity index is 376. The zero-order chi connectivity index (χ0) is 10.8. The minimum atomic E-state index is -1.72. The SMILES string of the molecule is O=C(O)C(F)C1CCc2ccccc2C1. The summed E-state index contributed by atoms with van der Waals surface area (Å²) in [4.78, 5) is 10.5. The van der Waals surface area contributed by atoms with Gasteiger partial charge in [-0.2, -0.15) is 0 Å². The van der Waals surface area contributed by atoms with Crippen LogP contribution in [-0.2, 0) is 17.6 Å². The highest BCUT2D eigenvalue weighted by Crippen LogP contribution is 2.28. The zero-order valence-corrected chi connectivity index (χ0v) is 8.32. The van der Waals surface area contributed by atoms with Gasteiger partial charge >= 0.3 is 5.97 Å². The van der Waals surface area contributed by atoms with E-state index in [0.29, 0.717) is 12.8 Å². The Hall–Kier alpha value is -1.38. The number of halogens is 1. The second-order valence-corrected chi connectivity index (χ2v) is 4.01. The molecule has 1 N–H and O–H groups in total. The van der Waals surface area contributed by atoms with Gasteiger partial charge in [-0.1, -0.05) is 24.3 Å². The molecule has 0 spiro atoms. The van der Waals surface area contributed by atoms with Crippen molar-refractivity contribution < 1.29 is 14.3 Å². The maximum absolute atomic E-state index is 13.3. The number of alkyl halides is 1. The summed E-state index contributed by atoms with van der Waals surface area (Å²) in [6.45, 7) is 0. The van der Waals surface area contributed by atoms with Crippen LogP contribution in [0.15, 0.2) is 24.3 Å². The van der Waals surface area contributed by atoms with E-state index >= 15 is 0 Å². The number of rotatable bonds is 2. The largest absolute Gasteiger partial charge is 0.479 e. The van der Waals surface area contributed by atoms with Gasteiger partial charge in [0.05, 0.1) is 0 Å². The summed E-state index contributed by atoms with van der Waals surface area (Å²) in [5.74, 6) is -1.70. The zero-order valence-electron chi connectivity index (χ0n) is 8.32. The monoisotopic (exact) mass is 208 g/mol. The molecule has 1 aromatic carbocycles. The second kappa shape index (κ2) is 4.01. The van der Waals surface area contributed by atoms with Crippen molar-refractivity contribution in [2.45, 2.75) is 25.4 Å². The van der Waals surface area contributed by atoms with E-state index in [1.165, 1.54) is 5.56 Å². The fourth-order valence-corrected chi connectivity index (χ4v) is 2.18. The van der Waals surface area contributed by atoms with Crippen LogP contribution in [0.2, 0.25) is 0 Å². The molecule has 0 bridgehead atoms. The Balaban J connectivity index is 2.15. The molecule has 2 nitrogen and oxygen atoms in total. The molecule has 0 saturated heterocycles. The van der Waals surface area contributed by atoms with Gasteiger partial charge in [0.25, 0.3) is 0 Å². The molecule has 0 fully saturated rings. The van der Waals surface area contributed by atoms with Gasteiger partial charge < -0.3 is 5.11 Å². The Morgan fingerprint density at radius 2 is 2.07 bits per heavy atom. The van der Waals surface area contributed by atoms with E-state index in [4.69, 9.17) is 5.11 Å². The van der Waals surface area contributed by atoms with Crippen LogP contribution in [0.3, 0.4) is 0 Å². The van der Waals surface area contributed by atoms with E-state index in [9.17, 15) is 9.18 Å². The van der Waals surface area contributed by atoms with Crippen molar-refractivity contribution >= 4 is 5.97 Å². The smallest absolute Gasteiger partial charge is 0.338 e. The Morgan fingerprint density at radius 3 is 2.73 bits per heavy atom. The highest BCUT2D eigenvalue weighted by Gasteiger charge is 2.30. The van der Waals surface area contributed by atoms with E-state index in [-0.39, 0.29) is 5.92 Å². The number of fused-ring (bicyclic) bond motifs is 1. The van der Waals surface area contributed by atoms with Crippen molar-refractivity contribution in [1.29, 1.82) is 0 Å². The summed E-state index contributed by atoms with van der Waals surface area (Å²) in [5, 5.41) is 8.61. The first-order valence-electron chi connectivity index (χ1n) is 5.12. The Morgan fingerprint density at radius 1 is 1.40 bits per heavy atom. The van der Waals surface area contributed by atoms with Crippen molar-refractivity contribution in [3.05, 3.63) is 35.4 Å². The summed E-state index contributed by atoms with van der Waals surface area (Å²) < 4.78 is 13.3. The predicted molar refractivity (Wildman–Crippen MR) is 54.5 cm³/mol. The molecule has 0 aliphatic heterocycles. The number of carboxylic acids is 1. The van der Waals surface area contributed by atoms with Crippen LogP contribution in [-0.4, -0.2) is 17.2 Å². The minimum Gasteiger partial charge on any atom is -0.479 e. The molecule has 15 heavy (non-hydrogen) atoms. The first-order valence-corrected chi connectivity index (χ1v) is 5.12. The molecule has 1 aliphatic rings. The Labute approximate surface area is 87.7 Å². The van der Waals surface area contributed by atoms with Crippen LogP contribution < -0.4 is 0 Å². The molecular formula is C12H13FO2. The summed E-state index contributed by atoms with van der Waals surface area (Å²) in [5.41, 5.74) is 2.32. The second-order valence-electron chi connectivity index (χ2n) is 4.01. The molecule has 0 amide bonds. The van der Waals surface area contributed by atoms with Gasteiger partial charge in [-0.3, -0.25) is 0 Å². The number of carboxylic acid groups (broad SMARTS) is 1. The Kier molecular flexibility index (Phi) is 2.71. The maximum atomic E-state index is 13.3. The molecule has 0 heterocycles. The quantitative estimate of drug-likeness (QED) is 0.809. The number of hydrogen-bond donors (Lipinski definition) is 1. The van der Waals surface area contributed by atoms with Gasteiger partial charge in [-0.25, -0.2) is 9.18 Å². The summed E-state index contributed by atoms with van der Waals surface area (Å²) in [6, 6.07) is 7.86. The molecule has 0 radical (unpaired) electrons. The highest BCUT2D eigenvalue weighted by atomic mass is 19.1. The topological polar surface area (TPSA) is 37.3 Å². The number of hydrogen-bond acceptors (Lipinski definition) is 1. The van der Waals surface area contributed by atoms with Gasteiger partial charge in [0, 0.05) is 5.92 Å². The van der Waals surface area contributed by atoms with Crippen LogP contribution in [0.25, 0.3) is 0 Å². The van der Waals surface area contributed by atoms with Crippen LogP contribution in [0, 0.1) is 5.92 Å². The third kappa shape index (κ3) is 2.01. The lowest BCUT2D eigenvalue weighted by Crippen LogP contribution is -2.29. The van der Waals surface area contributed by atoms with Gasteiger partial charge in [0.1, 0.15) is 0 Å². The molecule has 3 heteroatoms. The normalized spacial score (nSPS) is 21.8. The summed E-state index contributed by atoms with van der Waals surface area (Å²) in [7, 11) is 0. The highest BCUT2D eigenvalue weighted by molar-refractivity contribution is 5.72. The summed E-state index contributed by atoms with van der Waals surface area (Å²) >= 11 is 0. The van der Waals surface area contributed by atoms with E-state index in [1.807, 2.05) is 24.3 Å². The fraction of sp³-hybridized carbons (Fsp3) is 0.417. The third-order valence-corrected chi connectivity index (χ3v) is 3.03. The number of carbonyl (C=O) groups is 1. The molecule has 2 rings (SSSR count). The van der Waals surface area contributed by atoms with E-state index in [0.717, 1.165) is 12.0 Å². The molecule has 80 valence electrons. The van der Waals surface area contributed by atoms with Crippen LogP contribution in [0.1, 0.15) is 17.5 Å². The van der Waals surface area contributed by atoms with E-state index in [1.54, 1.807) is 0 Å². The number of aliphatic carboxylic acids is 1. The molecule has 1 aromatic rings. The van der Waals surface area contributed by atoms with Crippen molar-refractivity contribution in [2.24, 2.45) is 5.92 Å². The van der Waals surface area contributed by atoms with Gasteiger partial charge in [-0.15, -0.1) is 0 Å². The lowest BCUT2D eigenvalue weighted by atomic mass is 9.81. The maximum Gasteiger partial charge on any atom is 0.338 e. The van der Waals surface area contributed by atoms with E-state index in [2.05, 4.69) is 0 Å². The van der Waals surface area contributed by atoms with Gasteiger partial charge in [-0.05, 0) is 30.4 Å². The van der Waals surface area contributed by atoms with Crippen LogP contribution in [0.5, 0.6) is 0 Å². The van der Waals surface area contributed by atoms with Gasteiger partial charge in [0.15, 0.2) is 6.17 Å². The number of aryl methyl sites for hydroxylation is 1. The molecule has 2 unspecified atom stereocenters. The molecule has 0 aromatic heterocycles. The van der Waals surface area contributed by atoms with Crippen molar-refractivity contribution in [2.75, 3.05) is 0 Å². The third-order valence-electron chi connectivity index (χ3n) is 3.03. The first-order chi connectivity index (χ1) is 7.18.